The monoisotopic (exact) mass is 378 g/mol. The minimum atomic E-state index is -4.03. The number of hydrogen-bond donors (Lipinski definition) is 0. The van der Waals surface area contributed by atoms with Crippen LogP contribution in [-0.2, 0) is 19.6 Å². The van der Waals surface area contributed by atoms with Crippen molar-refractivity contribution in [3.63, 3.8) is 0 Å². The van der Waals surface area contributed by atoms with Gasteiger partial charge in [0.25, 0.3) is 10.0 Å². The number of benzene rings is 1. The van der Waals surface area contributed by atoms with Gasteiger partial charge >= 0.3 is 0 Å². The van der Waals surface area contributed by atoms with E-state index < -0.39 is 22.0 Å². The van der Waals surface area contributed by atoms with Crippen LogP contribution in [0, 0.1) is 6.92 Å². The van der Waals surface area contributed by atoms with Gasteiger partial charge in [-0.3, -0.25) is 9.59 Å². The summed E-state index contributed by atoms with van der Waals surface area (Å²) >= 11 is 0. The van der Waals surface area contributed by atoms with Gasteiger partial charge in [-0.25, -0.2) is 12.7 Å². The van der Waals surface area contributed by atoms with Crippen LogP contribution in [0.1, 0.15) is 50.5 Å². The standard InChI is InChI=1S/C19H26N2O4S/c1-14-8-10-16(11-9-14)26(24,25)21-17(12-13-18(21)22)19(23)20(2)15-6-4-3-5-7-15/h8-11,15,17H,3-7,12-13H2,1-2H3/t17-/m0/s1. The number of carbonyl (C=O) groups excluding carboxylic acids is 2. The first-order valence-electron chi connectivity index (χ1n) is 9.23. The normalized spacial score (nSPS) is 21.8. The van der Waals surface area contributed by atoms with Crippen LogP contribution in [0.15, 0.2) is 29.2 Å². The molecule has 1 aliphatic heterocycles. The minimum absolute atomic E-state index is 0.0523. The van der Waals surface area contributed by atoms with Crippen LogP contribution in [0.5, 0.6) is 0 Å². The Morgan fingerprint density at radius 3 is 2.31 bits per heavy atom. The number of aryl methyl sites for hydroxylation is 1. The number of sulfonamides is 1. The van der Waals surface area contributed by atoms with Gasteiger partial charge < -0.3 is 4.90 Å². The highest BCUT2D eigenvalue weighted by Crippen LogP contribution is 2.30. The molecule has 3 rings (SSSR count). The van der Waals surface area contributed by atoms with Gasteiger partial charge in [0.05, 0.1) is 4.90 Å². The van der Waals surface area contributed by atoms with Crippen molar-refractivity contribution in [2.75, 3.05) is 7.05 Å². The maximum absolute atomic E-state index is 13.0. The van der Waals surface area contributed by atoms with Gasteiger partial charge in [-0.1, -0.05) is 37.0 Å². The number of carbonyl (C=O) groups is 2. The second kappa shape index (κ2) is 7.39. The van der Waals surface area contributed by atoms with Crippen LogP contribution < -0.4 is 0 Å². The molecule has 1 aromatic carbocycles. The Balaban J connectivity index is 1.86. The highest BCUT2D eigenvalue weighted by atomic mass is 32.2. The van der Waals surface area contributed by atoms with Crippen LogP contribution >= 0.6 is 0 Å². The number of likely N-dealkylation sites (N-methyl/N-ethyl adjacent to an activating group) is 1. The predicted octanol–water partition coefficient (Wildman–Crippen LogP) is 2.47. The summed E-state index contributed by atoms with van der Waals surface area (Å²) in [6.07, 6.45) is 5.55. The summed E-state index contributed by atoms with van der Waals surface area (Å²) in [5.74, 6) is -0.764. The molecule has 0 radical (unpaired) electrons. The van der Waals surface area contributed by atoms with Gasteiger partial charge in [0, 0.05) is 19.5 Å². The molecule has 1 saturated carbocycles. The molecule has 1 aromatic rings. The zero-order valence-corrected chi connectivity index (χ0v) is 16.2. The van der Waals surface area contributed by atoms with Gasteiger partial charge in [0.2, 0.25) is 11.8 Å². The van der Waals surface area contributed by atoms with E-state index in [0.717, 1.165) is 35.6 Å². The topological polar surface area (TPSA) is 74.8 Å². The average Bonchev–Trinajstić information content (AvgIpc) is 3.04. The van der Waals surface area contributed by atoms with Crippen LogP contribution in [0.4, 0.5) is 0 Å². The van der Waals surface area contributed by atoms with Crippen LogP contribution in [0.25, 0.3) is 0 Å². The average molecular weight is 378 g/mol. The Morgan fingerprint density at radius 1 is 1.08 bits per heavy atom. The molecule has 2 aliphatic rings. The van der Waals surface area contributed by atoms with Gasteiger partial charge in [-0.05, 0) is 38.3 Å². The van der Waals surface area contributed by atoms with Crippen molar-refractivity contribution in [2.24, 2.45) is 0 Å². The van der Waals surface area contributed by atoms with E-state index in [1.165, 1.54) is 18.6 Å². The molecule has 2 amide bonds. The molecule has 0 bridgehead atoms. The molecule has 1 aliphatic carbocycles. The molecule has 0 N–H and O–H groups in total. The van der Waals surface area contributed by atoms with Gasteiger partial charge in [0.1, 0.15) is 6.04 Å². The van der Waals surface area contributed by atoms with Crippen LogP contribution in [0.2, 0.25) is 0 Å². The largest absolute Gasteiger partial charge is 0.341 e. The molecule has 26 heavy (non-hydrogen) atoms. The van der Waals surface area contributed by atoms with E-state index in [1.807, 2.05) is 6.92 Å². The van der Waals surface area contributed by atoms with E-state index in [-0.39, 0.29) is 29.7 Å². The van der Waals surface area contributed by atoms with Crippen LogP contribution in [0.3, 0.4) is 0 Å². The van der Waals surface area contributed by atoms with E-state index in [4.69, 9.17) is 0 Å². The highest BCUT2D eigenvalue weighted by molar-refractivity contribution is 7.89. The molecule has 7 heteroatoms. The lowest BCUT2D eigenvalue weighted by Gasteiger charge is -2.34. The molecule has 0 spiro atoms. The third-order valence-corrected chi connectivity index (χ3v) is 7.34. The number of amides is 2. The van der Waals surface area contributed by atoms with Crippen molar-refractivity contribution in [3.05, 3.63) is 29.8 Å². The highest BCUT2D eigenvalue weighted by Gasteiger charge is 2.45. The van der Waals surface area contributed by atoms with Gasteiger partial charge in [-0.2, -0.15) is 0 Å². The number of nitrogens with zero attached hydrogens (tertiary/aromatic N) is 2. The second-order valence-electron chi connectivity index (χ2n) is 7.30. The summed E-state index contributed by atoms with van der Waals surface area (Å²) < 4.78 is 26.8. The van der Waals surface area contributed by atoms with Crippen molar-refractivity contribution in [3.8, 4) is 0 Å². The Morgan fingerprint density at radius 2 is 1.69 bits per heavy atom. The lowest BCUT2D eigenvalue weighted by atomic mass is 9.94. The summed E-state index contributed by atoms with van der Waals surface area (Å²) in [7, 11) is -2.29. The van der Waals surface area contributed by atoms with Crippen molar-refractivity contribution < 1.29 is 18.0 Å². The zero-order chi connectivity index (χ0) is 18.9. The maximum Gasteiger partial charge on any atom is 0.267 e. The Bertz CT molecular complexity index is 782. The Hall–Kier alpha value is -1.89. The Labute approximate surface area is 155 Å². The molecule has 6 nitrogen and oxygen atoms in total. The zero-order valence-electron chi connectivity index (χ0n) is 15.3. The fraction of sp³-hybridized carbons (Fsp3) is 0.579. The SMILES string of the molecule is Cc1ccc(S(=O)(=O)N2C(=O)CC[C@H]2C(=O)N(C)C2CCCCC2)cc1. The summed E-state index contributed by atoms with van der Waals surface area (Å²) in [4.78, 5) is 27.1. The quantitative estimate of drug-likeness (QED) is 0.807. The molecule has 1 heterocycles. The third kappa shape index (κ3) is 3.49. The third-order valence-electron chi connectivity index (χ3n) is 5.49. The first-order valence-corrected chi connectivity index (χ1v) is 10.7. The van der Waals surface area contributed by atoms with Gasteiger partial charge in [-0.15, -0.1) is 0 Å². The van der Waals surface area contributed by atoms with E-state index in [2.05, 4.69) is 0 Å². The lowest BCUT2D eigenvalue weighted by Crippen LogP contribution is -2.50. The van der Waals surface area contributed by atoms with Gasteiger partial charge in [0.15, 0.2) is 0 Å². The molecule has 142 valence electrons. The summed E-state index contributed by atoms with van der Waals surface area (Å²) in [6.45, 7) is 1.86. The van der Waals surface area contributed by atoms with E-state index in [0.29, 0.717) is 0 Å². The maximum atomic E-state index is 13.0. The molecular formula is C19H26N2O4S. The first kappa shape index (κ1) is 18.9. The molecule has 0 unspecified atom stereocenters. The molecule has 0 aromatic heterocycles. The minimum Gasteiger partial charge on any atom is -0.341 e. The smallest absolute Gasteiger partial charge is 0.267 e. The summed E-state index contributed by atoms with van der Waals surface area (Å²) in [6, 6.07) is 5.57. The lowest BCUT2D eigenvalue weighted by molar-refractivity contribution is -0.138. The number of hydrogen-bond acceptors (Lipinski definition) is 4. The second-order valence-corrected chi connectivity index (χ2v) is 9.12. The van der Waals surface area contributed by atoms with Crippen molar-refractivity contribution in [1.82, 2.24) is 9.21 Å². The summed E-state index contributed by atoms with van der Waals surface area (Å²) in [5, 5.41) is 0. The van der Waals surface area contributed by atoms with Crippen molar-refractivity contribution in [1.29, 1.82) is 0 Å². The van der Waals surface area contributed by atoms with E-state index in [9.17, 15) is 18.0 Å². The van der Waals surface area contributed by atoms with E-state index in [1.54, 1.807) is 24.1 Å². The molecular weight excluding hydrogens is 352 g/mol. The summed E-state index contributed by atoms with van der Waals surface area (Å²) in [5.41, 5.74) is 0.932. The fourth-order valence-electron chi connectivity index (χ4n) is 3.89. The predicted molar refractivity (Wildman–Crippen MR) is 97.9 cm³/mol. The molecule has 2 fully saturated rings. The van der Waals surface area contributed by atoms with Crippen molar-refractivity contribution >= 4 is 21.8 Å². The number of rotatable bonds is 4. The molecule has 1 atom stereocenters. The van der Waals surface area contributed by atoms with E-state index >= 15 is 0 Å². The van der Waals surface area contributed by atoms with Crippen molar-refractivity contribution in [2.45, 2.75) is 68.8 Å². The first-order chi connectivity index (χ1) is 12.3. The molecule has 1 saturated heterocycles. The Kier molecular flexibility index (Phi) is 5.37. The fourth-order valence-corrected chi connectivity index (χ4v) is 5.49. The van der Waals surface area contributed by atoms with Crippen LogP contribution in [-0.4, -0.2) is 48.6 Å².